The highest BCUT2D eigenvalue weighted by Gasteiger charge is 2.58. The van der Waals surface area contributed by atoms with Crippen LogP contribution < -0.4 is 0 Å². The van der Waals surface area contributed by atoms with Crippen LogP contribution in [0.25, 0.3) is 0 Å². The molecule has 0 aromatic rings. The topological polar surface area (TPSA) is 9.23 Å². The van der Waals surface area contributed by atoms with Gasteiger partial charge in [-0.2, -0.15) is 8.78 Å². The number of alkyl halides is 2. The molecule has 0 saturated carbocycles. The summed E-state index contributed by atoms with van der Waals surface area (Å²) in [5.41, 5.74) is 0. The molecule has 64 valence electrons. The molecule has 1 rings (SSSR count). The summed E-state index contributed by atoms with van der Waals surface area (Å²) in [6.45, 7) is 1.63. The van der Waals surface area contributed by atoms with E-state index in [1.54, 1.807) is 0 Å². The van der Waals surface area contributed by atoms with Gasteiger partial charge in [0.1, 0.15) is 0 Å². The van der Waals surface area contributed by atoms with E-state index in [0.717, 1.165) is 0 Å². The highest BCUT2D eigenvalue weighted by atomic mass is 35.5. The van der Waals surface area contributed by atoms with E-state index in [-0.39, 0.29) is 6.61 Å². The van der Waals surface area contributed by atoms with Crippen LogP contribution >= 0.6 is 11.6 Å². The van der Waals surface area contributed by atoms with Crippen LogP contribution in [0.15, 0.2) is 10.9 Å². The van der Waals surface area contributed by atoms with E-state index < -0.39 is 22.9 Å². The fourth-order valence-corrected chi connectivity index (χ4v) is 1.14. The van der Waals surface area contributed by atoms with Gasteiger partial charge in [-0.25, -0.2) is 4.39 Å². The number of rotatable bonds is 2. The van der Waals surface area contributed by atoms with Crippen molar-refractivity contribution in [1.29, 1.82) is 0 Å². The third kappa shape index (κ3) is 1.14. The summed E-state index contributed by atoms with van der Waals surface area (Å²) in [6.07, 6.45) is -1.57. The molecule has 1 aliphatic carbocycles. The van der Waals surface area contributed by atoms with Crippen molar-refractivity contribution in [3.63, 3.8) is 0 Å². The minimum absolute atomic E-state index is 0.0871. The Balaban J connectivity index is 2.73. The van der Waals surface area contributed by atoms with Crippen molar-refractivity contribution in [2.75, 3.05) is 6.61 Å². The largest absolute Gasteiger partial charge is 0.366 e. The van der Waals surface area contributed by atoms with Crippen molar-refractivity contribution in [3.05, 3.63) is 10.9 Å². The Morgan fingerprint density at radius 2 is 2.18 bits per heavy atom. The Hall–Kier alpha value is -0.220. The first-order valence-electron chi connectivity index (χ1n) is 3.06. The van der Waals surface area contributed by atoms with Gasteiger partial charge >= 0.3 is 5.92 Å². The average Bonchev–Trinajstić information content (AvgIpc) is 1.98. The van der Waals surface area contributed by atoms with Crippen molar-refractivity contribution in [2.24, 2.45) is 0 Å². The molecule has 0 amide bonds. The molecular formula is C6H6ClF3O. The Morgan fingerprint density at radius 3 is 2.55 bits per heavy atom. The zero-order valence-electron chi connectivity index (χ0n) is 5.70. The predicted molar refractivity (Wildman–Crippen MR) is 34.3 cm³/mol. The van der Waals surface area contributed by atoms with Gasteiger partial charge < -0.3 is 4.74 Å². The summed E-state index contributed by atoms with van der Waals surface area (Å²) in [5, 5.41) is -0.517. The first kappa shape index (κ1) is 8.87. The molecule has 0 aromatic heterocycles. The lowest BCUT2D eigenvalue weighted by atomic mass is 10.00. The first-order chi connectivity index (χ1) is 5.01. The van der Waals surface area contributed by atoms with Gasteiger partial charge in [-0.05, 0) is 6.92 Å². The number of hydrogen-bond donors (Lipinski definition) is 0. The SMILES string of the molecule is CCOC1C(Cl)=C(F)C1(F)F. The molecule has 0 heterocycles. The molecule has 5 heteroatoms. The van der Waals surface area contributed by atoms with Crippen molar-refractivity contribution in [3.8, 4) is 0 Å². The van der Waals surface area contributed by atoms with Crippen molar-refractivity contribution in [2.45, 2.75) is 19.0 Å². The maximum absolute atomic E-state index is 12.4. The van der Waals surface area contributed by atoms with Crippen molar-refractivity contribution >= 4 is 11.6 Å². The van der Waals surface area contributed by atoms with Crippen LogP contribution in [0, 0.1) is 0 Å². The molecule has 0 aliphatic heterocycles. The molecule has 0 fully saturated rings. The first-order valence-corrected chi connectivity index (χ1v) is 3.44. The summed E-state index contributed by atoms with van der Waals surface area (Å²) in [6, 6.07) is 0. The standard InChI is InChI=1S/C6H6ClF3O/c1-2-11-5-3(7)4(8)6(5,9)10/h5H,2H2,1H3. The van der Waals surface area contributed by atoms with Gasteiger partial charge in [0.2, 0.25) is 0 Å². The quantitative estimate of drug-likeness (QED) is 0.644. The van der Waals surface area contributed by atoms with Gasteiger partial charge in [-0.15, -0.1) is 0 Å². The van der Waals surface area contributed by atoms with E-state index in [1.165, 1.54) is 6.92 Å². The second-order valence-corrected chi connectivity index (χ2v) is 2.53. The van der Waals surface area contributed by atoms with Crippen LogP contribution in [0.3, 0.4) is 0 Å². The van der Waals surface area contributed by atoms with Crippen LogP contribution in [0.5, 0.6) is 0 Å². The zero-order chi connectivity index (χ0) is 8.65. The molecule has 0 bridgehead atoms. The number of ether oxygens (including phenoxy) is 1. The van der Waals surface area contributed by atoms with Gasteiger partial charge in [0.25, 0.3) is 0 Å². The lowest BCUT2D eigenvalue weighted by Gasteiger charge is -2.33. The molecular weight excluding hydrogens is 181 g/mol. The highest BCUT2D eigenvalue weighted by Crippen LogP contribution is 2.47. The number of halogens is 4. The van der Waals surface area contributed by atoms with Gasteiger partial charge in [0.15, 0.2) is 11.9 Å². The smallest absolute Gasteiger partial charge is 0.330 e. The maximum Gasteiger partial charge on any atom is 0.330 e. The molecule has 0 radical (unpaired) electrons. The average molecular weight is 187 g/mol. The summed E-state index contributed by atoms with van der Waals surface area (Å²) < 4.78 is 41.5. The monoisotopic (exact) mass is 186 g/mol. The summed E-state index contributed by atoms with van der Waals surface area (Å²) in [5.74, 6) is -5.09. The third-order valence-corrected chi connectivity index (χ3v) is 1.76. The van der Waals surface area contributed by atoms with Gasteiger partial charge in [-0.1, -0.05) is 11.6 Å². The lowest BCUT2D eigenvalue weighted by molar-refractivity contribution is -0.128. The summed E-state index contributed by atoms with van der Waals surface area (Å²) in [4.78, 5) is 0. The Bertz CT molecular complexity index is 202. The maximum atomic E-state index is 12.4. The molecule has 1 nitrogen and oxygen atoms in total. The van der Waals surface area contributed by atoms with Crippen LogP contribution in [-0.4, -0.2) is 18.6 Å². The van der Waals surface area contributed by atoms with E-state index in [2.05, 4.69) is 4.74 Å². The molecule has 11 heavy (non-hydrogen) atoms. The van der Waals surface area contributed by atoms with Gasteiger partial charge in [-0.3, -0.25) is 0 Å². The molecule has 1 aliphatic rings. The van der Waals surface area contributed by atoms with Gasteiger partial charge in [0.05, 0.1) is 5.03 Å². The molecule has 0 saturated heterocycles. The third-order valence-electron chi connectivity index (χ3n) is 1.40. The molecule has 0 spiro atoms. The Morgan fingerprint density at radius 1 is 1.64 bits per heavy atom. The summed E-state index contributed by atoms with van der Waals surface area (Å²) in [7, 11) is 0. The molecule has 0 N–H and O–H groups in total. The minimum Gasteiger partial charge on any atom is -0.366 e. The van der Waals surface area contributed by atoms with E-state index in [1.807, 2.05) is 0 Å². The van der Waals surface area contributed by atoms with Gasteiger partial charge in [0, 0.05) is 6.61 Å². The van der Waals surface area contributed by atoms with E-state index in [0.29, 0.717) is 0 Å². The second kappa shape index (κ2) is 2.68. The van der Waals surface area contributed by atoms with E-state index in [4.69, 9.17) is 11.6 Å². The van der Waals surface area contributed by atoms with Crippen LogP contribution in [0.1, 0.15) is 6.92 Å². The zero-order valence-corrected chi connectivity index (χ0v) is 6.46. The van der Waals surface area contributed by atoms with Crippen molar-refractivity contribution < 1.29 is 17.9 Å². The van der Waals surface area contributed by atoms with Crippen LogP contribution in [0.2, 0.25) is 0 Å². The predicted octanol–water partition coefficient (Wildman–Crippen LogP) is 2.46. The van der Waals surface area contributed by atoms with E-state index in [9.17, 15) is 13.2 Å². The normalized spacial score (nSPS) is 28.6. The molecule has 1 unspecified atom stereocenters. The molecule has 1 atom stereocenters. The Labute approximate surface area is 66.8 Å². The summed E-state index contributed by atoms with van der Waals surface area (Å²) >= 11 is 5.13. The van der Waals surface area contributed by atoms with Crippen molar-refractivity contribution in [1.82, 2.24) is 0 Å². The minimum atomic E-state index is -3.52. The van der Waals surface area contributed by atoms with Crippen LogP contribution in [0.4, 0.5) is 13.2 Å². The van der Waals surface area contributed by atoms with E-state index >= 15 is 0 Å². The highest BCUT2D eigenvalue weighted by molar-refractivity contribution is 6.31. The lowest BCUT2D eigenvalue weighted by Crippen LogP contribution is -2.46. The number of hydrogen-bond acceptors (Lipinski definition) is 1. The Kier molecular flexibility index (Phi) is 2.16. The second-order valence-electron chi connectivity index (χ2n) is 2.12. The fraction of sp³-hybridized carbons (Fsp3) is 0.667. The fourth-order valence-electron chi connectivity index (χ4n) is 0.815. The van der Waals surface area contributed by atoms with Crippen LogP contribution in [-0.2, 0) is 4.74 Å². The molecule has 0 aromatic carbocycles.